The Morgan fingerprint density at radius 2 is 1.21 bits per heavy atom. The van der Waals surface area contributed by atoms with Crippen LogP contribution < -0.4 is 10.5 Å². The highest BCUT2D eigenvalue weighted by molar-refractivity contribution is 7.89. The van der Waals surface area contributed by atoms with Gasteiger partial charge in [-0.1, -0.05) is 86.6 Å². The fourth-order valence-corrected chi connectivity index (χ4v) is 4.39. The van der Waals surface area contributed by atoms with Crippen LogP contribution in [0.1, 0.15) is 48.5 Å². The SMILES string of the molecule is CC(C)c1ccc(S(=O)(=O)N[C@@H](c2ccccc2)[C@@H](N)c2ccccc2)cc1. The Bertz CT molecular complexity index is 986. The van der Waals surface area contributed by atoms with Crippen LogP contribution in [0.3, 0.4) is 0 Å². The van der Waals surface area contributed by atoms with Gasteiger partial charge < -0.3 is 5.73 Å². The molecule has 0 aromatic heterocycles. The number of nitrogens with one attached hydrogen (secondary N) is 1. The van der Waals surface area contributed by atoms with Gasteiger partial charge in [-0.2, -0.15) is 0 Å². The lowest BCUT2D eigenvalue weighted by Crippen LogP contribution is -2.36. The molecule has 0 unspecified atom stereocenters. The Kier molecular flexibility index (Phi) is 6.29. The lowest BCUT2D eigenvalue weighted by atomic mass is 9.95. The molecule has 3 aromatic carbocycles. The van der Waals surface area contributed by atoms with Crippen LogP contribution in [0.4, 0.5) is 0 Å². The lowest BCUT2D eigenvalue weighted by molar-refractivity contribution is 0.504. The van der Waals surface area contributed by atoms with Gasteiger partial charge in [0.15, 0.2) is 0 Å². The van der Waals surface area contributed by atoms with Gasteiger partial charge in [-0.3, -0.25) is 0 Å². The molecule has 0 aliphatic heterocycles. The Morgan fingerprint density at radius 1 is 0.714 bits per heavy atom. The van der Waals surface area contributed by atoms with Crippen LogP contribution in [0.15, 0.2) is 89.8 Å². The molecule has 0 saturated carbocycles. The normalized spacial score (nSPS) is 14.0. The zero-order chi connectivity index (χ0) is 20.1. The number of benzene rings is 3. The zero-order valence-corrected chi connectivity index (χ0v) is 16.9. The maximum Gasteiger partial charge on any atom is 0.241 e. The van der Waals surface area contributed by atoms with E-state index in [2.05, 4.69) is 18.6 Å². The maximum absolute atomic E-state index is 13.1. The number of hydrogen-bond acceptors (Lipinski definition) is 3. The van der Waals surface area contributed by atoms with E-state index < -0.39 is 22.1 Å². The van der Waals surface area contributed by atoms with E-state index in [9.17, 15) is 8.42 Å². The van der Waals surface area contributed by atoms with Crippen LogP contribution in [0.5, 0.6) is 0 Å². The molecule has 5 heteroatoms. The van der Waals surface area contributed by atoms with Gasteiger partial charge in [-0.15, -0.1) is 0 Å². The summed E-state index contributed by atoms with van der Waals surface area (Å²) in [6, 6.07) is 24.9. The lowest BCUT2D eigenvalue weighted by Gasteiger charge is -2.26. The van der Waals surface area contributed by atoms with Crippen LogP contribution in [0.2, 0.25) is 0 Å². The Balaban J connectivity index is 1.94. The summed E-state index contributed by atoms with van der Waals surface area (Å²) in [6.45, 7) is 4.15. The molecule has 0 heterocycles. The Morgan fingerprint density at radius 3 is 1.71 bits per heavy atom. The van der Waals surface area contributed by atoms with Gasteiger partial charge in [0.05, 0.1) is 17.0 Å². The summed E-state index contributed by atoms with van der Waals surface area (Å²) in [5, 5.41) is 0. The van der Waals surface area contributed by atoms with E-state index in [-0.39, 0.29) is 4.90 Å². The monoisotopic (exact) mass is 394 g/mol. The summed E-state index contributed by atoms with van der Waals surface area (Å²) in [6.07, 6.45) is 0. The Labute approximate surface area is 167 Å². The standard InChI is InChI=1S/C23H26N2O2S/c1-17(2)18-13-15-21(16-14-18)28(26,27)25-23(20-11-7-4-8-12-20)22(24)19-9-5-3-6-10-19/h3-17,22-23,25H,24H2,1-2H3/t22-,23-/m0/s1. The minimum absolute atomic E-state index is 0.234. The highest BCUT2D eigenvalue weighted by atomic mass is 32.2. The van der Waals surface area contributed by atoms with Crippen molar-refractivity contribution in [3.05, 3.63) is 102 Å². The third-order valence-corrected chi connectivity index (χ3v) is 6.30. The maximum atomic E-state index is 13.1. The fraction of sp³-hybridized carbons (Fsp3) is 0.217. The summed E-state index contributed by atoms with van der Waals surface area (Å²) < 4.78 is 29.0. The van der Waals surface area contributed by atoms with Crippen LogP contribution in [0.25, 0.3) is 0 Å². The molecule has 3 N–H and O–H groups in total. The third-order valence-electron chi connectivity index (χ3n) is 4.84. The van der Waals surface area contributed by atoms with Crippen molar-refractivity contribution in [3.8, 4) is 0 Å². The van der Waals surface area contributed by atoms with E-state index in [1.54, 1.807) is 12.1 Å². The minimum Gasteiger partial charge on any atom is -0.322 e. The molecule has 3 aromatic rings. The molecule has 2 atom stereocenters. The van der Waals surface area contributed by atoms with E-state index in [4.69, 9.17) is 5.73 Å². The zero-order valence-electron chi connectivity index (χ0n) is 16.1. The molecule has 0 bridgehead atoms. The van der Waals surface area contributed by atoms with E-state index in [1.165, 1.54) is 0 Å². The predicted molar refractivity (Wildman–Crippen MR) is 113 cm³/mol. The van der Waals surface area contributed by atoms with Crippen LogP contribution in [0, 0.1) is 0 Å². The van der Waals surface area contributed by atoms with E-state index in [0.29, 0.717) is 5.92 Å². The van der Waals surface area contributed by atoms with Crippen molar-refractivity contribution >= 4 is 10.0 Å². The van der Waals surface area contributed by atoms with Gasteiger partial charge in [0, 0.05) is 0 Å². The van der Waals surface area contributed by atoms with Gasteiger partial charge in [0.25, 0.3) is 0 Å². The first kappa shape index (κ1) is 20.3. The largest absolute Gasteiger partial charge is 0.322 e. The van der Waals surface area contributed by atoms with Gasteiger partial charge in [0.1, 0.15) is 0 Å². The average Bonchev–Trinajstić information content (AvgIpc) is 2.73. The molecule has 3 rings (SSSR count). The number of sulfonamides is 1. The third kappa shape index (κ3) is 4.68. The predicted octanol–water partition coefficient (Wildman–Crippen LogP) is 4.53. The summed E-state index contributed by atoms with van der Waals surface area (Å²) in [5.74, 6) is 0.341. The van der Waals surface area contributed by atoms with Gasteiger partial charge in [-0.05, 0) is 34.7 Å². The second kappa shape index (κ2) is 8.69. The Hall–Kier alpha value is -2.47. The molecule has 4 nitrogen and oxygen atoms in total. The molecule has 0 fully saturated rings. The van der Waals surface area contributed by atoms with E-state index in [0.717, 1.165) is 16.7 Å². The highest BCUT2D eigenvalue weighted by Crippen LogP contribution is 2.29. The topological polar surface area (TPSA) is 72.2 Å². The average molecular weight is 395 g/mol. The second-order valence-corrected chi connectivity index (χ2v) is 8.88. The van der Waals surface area contributed by atoms with Crippen molar-refractivity contribution in [1.29, 1.82) is 0 Å². The fourth-order valence-electron chi connectivity index (χ4n) is 3.14. The van der Waals surface area contributed by atoms with Crippen molar-refractivity contribution in [1.82, 2.24) is 4.72 Å². The van der Waals surface area contributed by atoms with E-state index in [1.807, 2.05) is 72.8 Å². The molecule has 0 amide bonds. The first-order valence-electron chi connectivity index (χ1n) is 9.36. The van der Waals surface area contributed by atoms with Crippen LogP contribution in [-0.2, 0) is 10.0 Å². The highest BCUT2D eigenvalue weighted by Gasteiger charge is 2.27. The molecule has 0 aliphatic carbocycles. The van der Waals surface area contributed by atoms with Crippen molar-refractivity contribution < 1.29 is 8.42 Å². The summed E-state index contributed by atoms with van der Waals surface area (Å²) in [7, 11) is -3.73. The molecule has 0 saturated heterocycles. The summed E-state index contributed by atoms with van der Waals surface area (Å²) in [4.78, 5) is 0.234. The molecule has 0 aliphatic rings. The smallest absolute Gasteiger partial charge is 0.241 e. The molecule has 0 radical (unpaired) electrons. The first-order valence-corrected chi connectivity index (χ1v) is 10.8. The molecule has 0 spiro atoms. The minimum atomic E-state index is -3.73. The van der Waals surface area contributed by atoms with Crippen molar-refractivity contribution in [2.45, 2.75) is 36.7 Å². The molecular formula is C23H26N2O2S. The quantitative estimate of drug-likeness (QED) is 0.618. The first-order chi connectivity index (χ1) is 13.4. The van der Waals surface area contributed by atoms with E-state index >= 15 is 0 Å². The summed E-state index contributed by atoms with van der Waals surface area (Å²) in [5.41, 5.74) is 9.28. The van der Waals surface area contributed by atoms with Crippen molar-refractivity contribution in [2.24, 2.45) is 5.73 Å². The molecule has 28 heavy (non-hydrogen) atoms. The van der Waals surface area contributed by atoms with Gasteiger partial charge >= 0.3 is 0 Å². The summed E-state index contributed by atoms with van der Waals surface area (Å²) >= 11 is 0. The van der Waals surface area contributed by atoms with Crippen molar-refractivity contribution in [2.75, 3.05) is 0 Å². The number of rotatable bonds is 7. The van der Waals surface area contributed by atoms with Crippen molar-refractivity contribution in [3.63, 3.8) is 0 Å². The van der Waals surface area contributed by atoms with Crippen LogP contribution in [-0.4, -0.2) is 8.42 Å². The van der Waals surface area contributed by atoms with Gasteiger partial charge in [0.2, 0.25) is 10.0 Å². The molecule has 146 valence electrons. The second-order valence-electron chi connectivity index (χ2n) is 7.17. The number of nitrogens with two attached hydrogens (primary N) is 1. The number of hydrogen-bond donors (Lipinski definition) is 2. The van der Waals surface area contributed by atoms with Crippen LogP contribution >= 0.6 is 0 Å². The molecular weight excluding hydrogens is 368 g/mol. The van der Waals surface area contributed by atoms with Gasteiger partial charge in [-0.25, -0.2) is 13.1 Å².